The quantitative estimate of drug-likeness (QED) is 0.575. The zero-order chi connectivity index (χ0) is 9.57. The van der Waals surface area contributed by atoms with E-state index in [4.69, 9.17) is 9.47 Å². The van der Waals surface area contributed by atoms with Gasteiger partial charge in [-0.1, -0.05) is 0 Å². The Kier molecular flexibility index (Phi) is 4.65. The van der Waals surface area contributed by atoms with E-state index >= 15 is 0 Å². The first kappa shape index (κ1) is 10.9. The lowest BCUT2D eigenvalue weighted by molar-refractivity contribution is -0.0334. The molecule has 2 rings (SSSR count). The summed E-state index contributed by atoms with van der Waals surface area (Å²) < 4.78 is 32.9. The second kappa shape index (κ2) is 5.54. The van der Waals surface area contributed by atoms with Gasteiger partial charge < -0.3 is 9.47 Å². The van der Waals surface area contributed by atoms with Gasteiger partial charge in [-0.2, -0.15) is 0 Å². The Labute approximate surface area is 78.5 Å². The lowest BCUT2D eigenvalue weighted by Crippen LogP contribution is -2.16. The molecule has 5 nitrogen and oxygen atoms in total. The van der Waals surface area contributed by atoms with Crippen LogP contribution >= 0.6 is 0 Å². The molecule has 0 aromatic rings. The highest BCUT2D eigenvalue weighted by Crippen LogP contribution is 1.95. The number of ether oxygens (including phenoxy) is 2. The van der Waals surface area contributed by atoms with Crippen LogP contribution in [-0.2, 0) is 19.5 Å². The molecule has 2 heterocycles. The van der Waals surface area contributed by atoms with Crippen molar-refractivity contribution in [2.75, 3.05) is 38.7 Å². The molecule has 2 fully saturated rings. The molecule has 2 aliphatic rings. The lowest BCUT2D eigenvalue weighted by Gasteiger charge is -2.09. The van der Waals surface area contributed by atoms with Gasteiger partial charge in [0.1, 0.15) is 0 Å². The van der Waals surface area contributed by atoms with Crippen LogP contribution in [0.5, 0.6) is 0 Å². The topological polar surface area (TPSA) is 64.6 Å². The first-order valence-corrected chi connectivity index (χ1v) is 5.99. The van der Waals surface area contributed by atoms with E-state index < -0.39 is 10.0 Å². The Morgan fingerprint density at radius 1 is 1.00 bits per heavy atom. The third-order valence-electron chi connectivity index (χ3n) is 1.66. The minimum atomic E-state index is -2.80. The van der Waals surface area contributed by atoms with Gasteiger partial charge in [-0.3, -0.25) is 0 Å². The Hall–Kier alpha value is -0.170. The fourth-order valence-corrected chi connectivity index (χ4v) is 2.13. The van der Waals surface area contributed by atoms with E-state index in [0.29, 0.717) is 12.3 Å². The highest BCUT2D eigenvalue weighted by molar-refractivity contribution is 7.89. The summed E-state index contributed by atoms with van der Waals surface area (Å²) in [6.45, 7) is 3.74. The molecule has 0 aromatic heterocycles. The van der Waals surface area contributed by atoms with E-state index in [-0.39, 0.29) is 0 Å². The van der Waals surface area contributed by atoms with Gasteiger partial charge in [0.15, 0.2) is 0 Å². The Morgan fingerprint density at radius 2 is 1.54 bits per heavy atom. The van der Waals surface area contributed by atoms with Crippen LogP contribution in [0, 0.1) is 0 Å². The number of hydrogen-bond donors (Lipinski definition) is 1. The molecule has 13 heavy (non-hydrogen) atoms. The van der Waals surface area contributed by atoms with Crippen molar-refractivity contribution in [1.29, 1.82) is 0 Å². The van der Waals surface area contributed by atoms with Gasteiger partial charge in [0.2, 0.25) is 10.0 Å². The van der Waals surface area contributed by atoms with Crippen molar-refractivity contribution in [3.63, 3.8) is 0 Å². The van der Waals surface area contributed by atoms with Gasteiger partial charge in [0, 0.05) is 6.54 Å². The van der Waals surface area contributed by atoms with Crippen molar-refractivity contribution < 1.29 is 17.9 Å². The first-order chi connectivity index (χ1) is 6.21. The third kappa shape index (κ3) is 5.20. The zero-order valence-electron chi connectivity index (χ0n) is 7.49. The molecule has 0 aromatic carbocycles. The maximum Gasteiger partial charge on any atom is 0.211 e. The van der Waals surface area contributed by atoms with Crippen LogP contribution < -0.4 is 4.72 Å². The molecule has 0 saturated carbocycles. The van der Waals surface area contributed by atoms with Crippen LogP contribution in [0.2, 0.25) is 0 Å². The van der Waals surface area contributed by atoms with Crippen molar-refractivity contribution >= 4 is 10.0 Å². The highest BCUT2D eigenvalue weighted by Gasteiger charge is 2.14. The number of rotatable bonds is 0. The van der Waals surface area contributed by atoms with E-state index in [2.05, 4.69) is 4.72 Å². The number of hydrogen-bond acceptors (Lipinski definition) is 4. The molecular formula is C7H15NO4S. The van der Waals surface area contributed by atoms with E-state index in [1.165, 1.54) is 0 Å². The largest absolute Gasteiger partial charge is 0.377 e. The molecule has 2 aliphatic heterocycles. The predicted octanol–water partition coefficient (Wildman–Crippen LogP) is -0.657. The summed E-state index contributed by atoms with van der Waals surface area (Å²) in [6.07, 6.45) is 0.766. The van der Waals surface area contributed by atoms with Crippen molar-refractivity contribution in [2.24, 2.45) is 0 Å². The van der Waals surface area contributed by atoms with Gasteiger partial charge in [-0.15, -0.1) is 0 Å². The zero-order valence-corrected chi connectivity index (χ0v) is 8.31. The van der Waals surface area contributed by atoms with E-state index in [0.717, 1.165) is 32.8 Å². The summed E-state index contributed by atoms with van der Waals surface area (Å²) in [4.78, 5) is 0. The first-order valence-electron chi connectivity index (χ1n) is 4.33. The third-order valence-corrected chi connectivity index (χ3v) is 3.13. The van der Waals surface area contributed by atoms with Crippen LogP contribution in [0.15, 0.2) is 0 Å². The molecule has 1 N–H and O–H groups in total. The average Bonchev–Trinajstić information content (AvgIpc) is 2.54. The summed E-state index contributed by atoms with van der Waals surface area (Å²) in [5.41, 5.74) is 0. The average molecular weight is 209 g/mol. The molecule has 0 radical (unpaired) electrons. The molecule has 0 bridgehead atoms. The SMILES string of the molecule is C1COCCO1.O=S1(=O)CCCN1. The maximum atomic E-state index is 10.3. The van der Waals surface area contributed by atoms with Gasteiger partial charge >= 0.3 is 0 Å². The summed E-state index contributed by atoms with van der Waals surface area (Å²) in [5.74, 6) is 0.312. The summed E-state index contributed by atoms with van der Waals surface area (Å²) in [7, 11) is -2.80. The summed E-state index contributed by atoms with van der Waals surface area (Å²) >= 11 is 0. The normalized spacial score (nSPS) is 26.2. The fourth-order valence-electron chi connectivity index (χ4n) is 1.00. The standard InChI is InChI=1S/C4H8O2.C3H7NO2S/c1-2-6-4-3-5-1;5-7(6)3-1-2-4-7/h1-4H2;4H,1-3H2. The van der Waals surface area contributed by atoms with Crippen LogP contribution in [0.25, 0.3) is 0 Å². The number of nitrogens with one attached hydrogen (secondary N) is 1. The second-order valence-corrected chi connectivity index (χ2v) is 4.72. The van der Waals surface area contributed by atoms with E-state index in [1.807, 2.05) is 0 Å². The van der Waals surface area contributed by atoms with Crippen molar-refractivity contribution in [3.05, 3.63) is 0 Å². The Bertz CT molecular complexity index is 199. The monoisotopic (exact) mass is 209 g/mol. The smallest absolute Gasteiger partial charge is 0.211 e. The van der Waals surface area contributed by atoms with Crippen LogP contribution in [-0.4, -0.2) is 47.1 Å². The summed E-state index contributed by atoms with van der Waals surface area (Å²) in [5, 5.41) is 0. The van der Waals surface area contributed by atoms with Gasteiger partial charge in [0.25, 0.3) is 0 Å². The molecule has 0 atom stereocenters. The minimum Gasteiger partial charge on any atom is -0.377 e. The van der Waals surface area contributed by atoms with Crippen molar-refractivity contribution in [3.8, 4) is 0 Å². The van der Waals surface area contributed by atoms with E-state index in [9.17, 15) is 8.42 Å². The molecule has 0 spiro atoms. The lowest BCUT2D eigenvalue weighted by atomic mass is 10.5. The number of sulfonamides is 1. The molecule has 0 unspecified atom stereocenters. The van der Waals surface area contributed by atoms with Gasteiger partial charge in [-0.25, -0.2) is 13.1 Å². The molecule has 78 valence electrons. The molecule has 2 saturated heterocycles. The fraction of sp³-hybridized carbons (Fsp3) is 1.00. The van der Waals surface area contributed by atoms with Crippen LogP contribution in [0.1, 0.15) is 6.42 Å². The van der Waals surface area contributed by atoms with Gasteiger partial charge in [0.05, 0.1) is 32.2 Å². The predicted molar refractivity (Wildman–Crippen MR) is 48.0 cm³/mol. The molecule has 0 amide bonds. The second-order valence-electron chi connectivity index (χ2n) is 2.79. The molecular weight excluding hydrogens is 194 g/mol. The van der Waals surface area contributed by atoms with Crippen LogP contribution in [0.3, 0.4) is 0 Å². The highest BCUT2D eigenvalue weighted by atomic mass is 32.2. The van der Waals surface area contributed by atoms with Gasteiger partial charge in [-0.05, 0) is 6.42 Å². The Balaban J connectivity index is 0.000000132. The molecule has 6 heteroatoms. The van der Waals surface area contributed by atoms with Crippen LogP contribution in [0.4, 0.5) is 0 Å². The molecule has 0 aliphatic carbocycles. The minimum absolute atomic E-state index is 0.312. The van der Waals surface area contributed by atoms with Crippen molar-refractivity contribution in [1.82, 2.24) is 4.72 Å². The van der Waals surface area contributed by atoms with Crippen molar-refractivity contribution in [2.45, 2.75) is 6.42 Å². The Morgan fingerprint density at radius 3 is 1.69 bits per heavy atom. The van der Waals surface area contributed by atoms with E-state index in [1.54, 1.807) is 0 Å². The summed E-state index contributed by atoms with van der Waals surface area (Å²) in [6, 6.07) is 0. The maximum absolute atomic E-state index is 10.3.